The Morgan fingerprint density at radius 2 is 2.04 bits per heavy atom. The van der Waals surface area contributed by atoms with Crippen LogP contribution in [0.5, 0.6) is 0 Å². The van der Waals surface area contributed by atoms with Crippen molar-refractivity contribution in [2.45, 2.75) is 82.8 Å². The second-order valence-corrected chi connectivity index (χ2v) is 7.64. The summed E-state index contributed by atoms with van der Waals surface area (Å²) in [6.45, 7) is 5.72. The number of rotatable bonds is 13. The molecule has 1 fully saturated rings. The molecule has 0 heterocycles. The number of hydrogen-bond acceptors (Lipinski definition) is 5. The monoisotopic (exact) mass is 380 g/mol. The van der Waals surface area contributed by atoms with E-state index < -0.39 is 11.7 Å². The third-order valence-corrected chi connectivity index (χ3v) is 5.50. The van der Waals surface area contributed by atoms with Crippen LogP contribution >= 0.6 is 0 Å². The first-order valence-electron chi connectivity index (χ1n) is 10.2. The Balaban J connectivity index is 2.47. The fourth-order valence-corrected chi connectivity index (χ4v) is 3.83. The molecule has 1 unspecified atom stereocenters. The van der Waals surface area contributed by atoms with E-state index in [1.807, 2.05) is 19.1 Å². The van der Waals surface area contributed by atoms with Gasteiger partial charge in [-0.2, -0.15) is 0 Å². The molecule has 0 aliphatic heterocycles. The zero-order chi connectivity index (χ0) is 20.3. The van der Waals surface area contributed by atoms with Gasteiger partial charge in [0.25, 0.3) is 0 Å². The van der Waals surface area contributed by atoms with Crippen molar-refractivity contribution < 1.29 is 24.5 Å². The lowest BCUT2D eigenvalue weighted by molar-refractivity contribution is -0.140. The zero-order valence-electron chi connectivity index (χ0n) is 16.9. The summed E-state index contributed by atoms with van der Waals surface area (Å²) in [4.78, 5) is 23.3. The first-order valence-corrected chi connectivity index (χ1v) is 10.2. The van der Waals surface area contributed by atoms with Crippen molar-refractivity contribution >= 4 is 11.8 Å². The highest BCUT2D eigenvalue weighted by atomic mass is 16.5. The summed E-state index contributed by atoms with van der Waals surface area (Å²) in [6, 6.07) is 0. The minimum absolute atomic E-state index is 0.124. The molecule has 154 valence electrons. The standard InChI is InChI=1S/C22H36O5/c1-4-14-22(26,5-2)15-10-12-18-17(19(23)16-20(18)24)11-8-6-7-9-13-21(25)27-3/h5,10,12,17-18,20,24,26H,2,4,6-9,11,13-16H2,1,3H3/t17-,18-,20-,22?/m1/s1. The molecule has 0 bridgehead atoms. The first-order chi connectivity index (χ1) is 12.9. The van der Waals surface area contributed by atoms with Crippen LogP contribution in [0.1, 0.15) is 71.1 Å². The number of hydrogen-bond donors (Lipinski definition) is 2. The van der Waals surface area contributed by atoms with Gasteiger partial charge in [-0.05, 0) is 25.7 Å². The summed E-state index contributed by atoms with van der Waals surface area (Å²) in [5.41, 5.74) is -0.923. The lowest BCUT2D eigenvalue weighted by atomic mass is 9.87. The number of carbonyl (C=O) groups excluding carboxylic acids is 2. The fraction of sp³-hybridized carbons (Fsp3) is 0.727. The second kappa shape index (κ2) is 12.1. The van der Waals surface area contributed by atoms with E-state index in [-0.39, 0.29) is 30.0 Å². The van der Waals surface area contributed by atoms with Crippen LogP contribution in [0.15, 0.2) is 24.8 Å². The van der Waals surface area contributed by atoms with E-state index in [0.717, 1.165) is 38.5 Å². The lowest BCUT2D eigenvalue weighted by Crippen LogP contribution is -2.24. The zero-order valence-corrected chi connectivity index (χ0v) is 16.9. The Morgan fingerprint density at radius 1 is 1.33 bits per heavy atom. The average Bonchev–Trinajstić information content (AvgIpc) is 2.91. The molecular weight excluding hydrogens is 344 g/mol. The van der Waals surface area contributed by atoms with E-state index in [2.05, 4.69) is 11.3 Å². The van der Waals surface area contributed by atoms with E-state index in [9.17, 15) is 19.8 Å². The third kappa shape index (κ3) is 7.97. The van der Waals surface area contributed by atoms with Crippen molar-refractivity contribution in [2.75, 3.05) is 7.11 Å². The lowest BCUT2D eigenvalue weighted by Gasteiger charge is -2.23. The summed E-state index contributed by atoms with van der Waals surface area (Å²) in [5.74, 6) is -0.390. The van der Waals surface area contributed by atoms with Gasteiger partial charge in [-0.1, -0.05) is 50.8 Å². The number of aliphatic hydroxyl groups is 2. The SMILES string of the molecule is C=CC(O)(CC=C[C@H]1[C@H](O)CC(=O)[C@@H]1CCCCCCC(=O)OC)CCC. The average molecular weight is 381 g/mol. The number of esters is 1. The summed E-state index contributed by atoms with van der Waals surface area (Å²) in [7, 11) is 1.39. The quantitative estimate of drug-likeness (QED) is 0.289. The predicted octanol–water partition coefficient (Wildman–Crippen LogP) is 3.73. The first kappa shape index (κ1) is 23.6. The van der Waals surface area contributed by atoms with Crippen LogP contribution in [0.3, 0.4) is 0 Å². The fourth-order valence-electron chi connectivity index (χ4n) is 3.83. The van der Waals surface area contributed by atoms with Crippen LogP contribution in [-0.2, 0) is 14.3 Å². The van der Waals surface area contributed by atoms with Crippen molar-refractivity contribution in [3.63, 3.8) is 0 Å². The molecule has 1 aliphatic carbocycles. The Kier molecular flexibility index (Phi) is 10.6. The van der Waals surface area contributed by atoms with Crippen LogP contribution in [0.2, 0.25) is 0 Å². The molecule has 0 saturated heterocycles. The maximum absolute atomic E-state index is 12.2. The summed E-state index contributed by atoms with van der Waals surface area (Å²) in [6.07, 6.45) is 11.7. The van der Waals surface area contributed by atoms with Crippen molar-refractivity contribution in [1.82, 2.24) is 0 Å². The number of methoxy groups -OCH3 is 1. The molecule has 0 aromatic carbocycles. The van der Waals surface area contributed by atoms with Gasteiger partial charge in [0.1, 0.15) is 5.78 Å². The predicted molar refractivity (Wildman–Crippen MR) is 106 cm³/mol. The number of Topliss-reactive ketones (excluding diaryl/α,β-unsaturated/α-hetero) is 1. The van der Waals surface area contributed by atoms with Crippen molar-refractivity contribution in [1.29, 1.82) is 0 Å². The summed E-state index contributed by atoms with van der Waals surface area (Å²) in [5, 5.41) is 20.7. The van der Waals surface area contributed by atoms with Gasteiger partial charge >= 0.3 is 5.97 Å². The Morgan fingerprint density at radius 3 is 2.67 bits per heavy atom. The Hall–Kier alpha value is -1.46. The van der Waals surface area contributed by atoms with Gasteiger partial charge in [-0.25, -0.2) is 0 Å². The van der Waals surface area contributed by atoms with Crippen LogP contribution in [0.4, 0.5) is 0 Å². The maximum Gasteiger partial charge on any atom is 0.305 e. The molecule has 2 N–H and O–H groups in total. The molecule has 1 saturated carbocycles. The number of unbranched alkanes of at least 4 members (excludes halogenated alkanes) is 3. The molecule has 0 radical (unpaired) electrons. The molecular formula is C22H36O5. The minimum Gasteiger partial charge on any atom is -0.469 e. The molecule has 5 nitrogen and oxygen atoms in total. The topological polar surface area (TPSA) is 83.8 Å². The highest BCUT2D eigenvalue weighted by Crippen LogP contribution is 2.34. The van der Waals surface area contributed by atoms with Gasteiger partial charge in [0, 0.05) is 24.7 Å². The molecule has 1 rings (SSSR count). The van der Waals surface area contributed by atoms with Gasteiger partial charge in [0.2, 0.25) is 0 Å². The van der Waals surface area contributed by atoms with Gasteiger partial charge in [-0.15, -0.1) is 6.58 Å². The number of ketones is 1. The Bertz CT molecular complexity index is 513. The largest absolute Gasteiger partial charge is 0.469 e. The van der Waals surface area contributed by atoms with Gasteiger partial charge in [0.15, 0.2) is 0 Å². The smallest absolute Gasteiger partial charge is 0.305 e. The van der Waals surface area contributed by atoms with Gasteiger partial charge < -0.3 is 14.9 Å². The van der Waals surface area contributed by atoms with Crippen LogP contribution in [0, 0.1) is 11.8 Å². The van der Waals surface area contributed by atoms with Crippen molar-refractivity contribution in [3.05, 3.63) is 24.8 Å². The normalized spacial score (nSPS) is 24.9. The van der Waals surface area contributed by atoms with Crippen LogP contribution in [0.25, 0.3) is 0 Å². The Labute approximate surface area is 163 Å². The van der Waals surface area contributed by atoms with E-state index in [0.29, 0.717) is 19.3 Å². The number of ether oxygens (including phenoxy) is 1. The van der Waals surface area contributed by atoms with E-state index in [1.165, 1.54) is 7.11 Å². The summed E-state index contributed by atoms with van der Waals surface area (Å²) < 4.78 is 4.62. The van der Waals surface area contributed by atoms with E-state index in [1.54, 1.807) is 6.08 Å². The molecule has 0 aromatic heterocycles. The minimum atomic E-state index is -0.923. The molecule has 0 spiro atoms. The van der Waals surface area contributed by atoms with Gasteiger partial charge in [-0.3, -0.25) is 9.59 Å². The van der Waals surface area contributed by atoms with Crippen LogP contribution in [-0.4, -0.2) is 40.8 Å². The third-order valence-electron chi connectivity index (χ3n) is 5.50. The molecule has 0 amide bonds. The van der Waals surface area contributed by atoms with Crippen LogP contribution < -0.4 is 0 Å². The highest BCUT2D eigenvalue weighted by molar-refractivity contribution is 5.84. The summed E-state index contributed by atoms with van der Waals surface area (Å²) >= 11 is 0. The van der Waals surface area contributed by atoms with Crippen molar-refractivity contribution in [3.8, 4) is 0 Å². The molecule has 1 aliphatic rings. The van der Waals surface area contributed by atoms with E-state index in [4.69, 9.17) is 0 Å². The van der Waals surface area contributed by atoms with Gasteiger partial charge in [0.05, 0.1) is 18.8 Å². The molecule has 27 heavy (non-hydrogen) atoms. The van der Waals surface area contributed by atoms with Crippen molar-refractivity contribution in [2.24, 2.45) is 11.8 Å². The molecule has 4 atom stereocenters. The molecule has 5 heteroatoms. The maximum atomic E-state index is 12.2. The highest BCUT2D eigenvalue weighted by Gasteiger charge is 2.39. The molecule has 0 aromatic rings. The van der Waals surface area contributed by atoms with E-state index >= 15 is 0 Å². The number of aliphatic hydroxyl groups excluding tert-OH is 1. The number of carbonyl (C=O) groups is 2. The second-order valence-electron chi connectivity index (χ2n) is 7.64.